The van der Waals surface area contributed by atoms with Crippen molar-refractivity contribution in [1.29, 1.82) is 0 Å². The lowest BCUT2D eigenvalue weighted by atomic mass is 9.90. The van der Waals surface area contributed by atoms with Crippen LogP contribution in [0.3, 0.4) is 0 Å². The van der Waals surface area contributed by atoms with Crippen LogP contribution in [0, 0.1) is 5.82 Å². The van der Waals surface area contributed by atoms with Crippen molar-refractivity contribution in [3.05, 3.63) is 107 Å². The van der Waals surface area contributed by atoms with Gasteiger partial charge in [-0.25, -0.2) is 14.4 Å². The first-order chi connectivity index (χ1) is 28.1. The molecule has 2 aliphatic heterocycles. The number of piperazine rings is 1. The molecule has 3 aliphatic rings. The molecular formula is C45H53FN8O4. The first-order valence-electron chi connectivity index (χ1n) is 20.5. The summed E-state index contributed by atoms with van der Waals surface area (Å²) < 4.78 is 26.7. The number of nitrogens with one attached hydrogen (secondary N) is 4. The standard InChI is InChI=1S/C45H53FN8O4/c1-28-22-53(23-29(2)50-28)24-31-10-15-38(33(18-31)25-54-16-17-57-26-30(54)3)32-6-4-7-37(19-32)58-45-40(20-34(46)21-47-45)44(56)52-36-13-11-35(12-14-36)51-43(55)39-8-5-9-41-42(39)49-27-48-41/h4-10,15,18-21,27-30,35-36,50H,11-14,16-17,22-26H2,1-3H3,(H,48,49)(H,51,55)(H,52,56)/t28-,29+,30-,35?,36?/m0/s1. The van der Waals surface area contributed by atoms with Crippen molar-refractivity contribution >= 4 is 22.8 Å². The molecule has 4 heterocycles. The first-order valence-corrected chi connectivity index (χ1v) is 20.5. The Hall–Kier alpha value is -5.21. The van der Waals surface area contributed by atoms with Gasteiger partial charge in [-0.15, -0.1) is 0 Å². The van der Waals surface area contributed by atoms with E-state index in [2.05, 4.69) is 85.7 Å². The van der Waals surface area contributed by atoms with Crippen LogP contribution in [0.25, 0.3) is 22.2 Å². The number of hydrogen-bond donors (Lipinski definition) is 4. The number of halogens is 1. The number of imidazole rings is 1. The molecule has 12 nitrogen and oxygen atoms in total. The number of amides is 2. The lowest BCUT2D eigenvalue weighted by Gasteiger charge is -2.36. The minimum atomic E-state index is -0.628. The van der Waals surface area contributed by atoms with Gasteiger partial charge in [0.15, 0.2) is 0 Å². The van der Waals surface area contributed by atoms with Gasteiger partial charge in [-0.05, 0) is 99.0 Å². The molecule has 1 aliphatic carbocycles. The Morgan fingerprint density at radius 1 is 0.879 bits per heavy atom. The fourth-order valence-electron chi connectivity index (χ4n) is 8.77. The molecule has 0 spiro atoms. The number of morpholine rings is 1. The molecule has 2 amide bonds. The molecule has 3 aromatic carbocycles. The average Bonchev–Trinajstić information content (AvgIpc) is 3.70. The number of aromatic nitrogens is 3. The van der Waals surface area contributed by atoms with Gasteiger partial charge in [0.2, 0.25) is 5.88 Å². The van der Waals surface area contributed by atoms with Crippen molar-refractivity contribution in [2.24, 2.45) is 0 Å². The molecule has 1 saturated carbocycles. The quantitative estimate of drug-likeness (QED) is 0.119. The number of carbonyl (C=O) groups excluding carboxylic acids is 2. The van der Waals surface area contributed by atoms with Crippen LogP contribution in [-0.4, -0.2) is 99.6 Å². The Morgan fingerprint density at radius 3 is 2.38 bits per heavy atom. The largest absolute Gasteiger partial charge is 0.438 e. The van der Waals surface area contributed by atoms with Crippen molar-refractivity contribution in [3.63, 3.8) is 0 Å². The summed E-state index contributed by atoms with van der Waals surface area (Å²) in [6.07, 6.45) is 5.33. The van der Waals surface area contributed by atoms with Crippen LogP contribution in [0.4, 0.5) is 4.39 Å². The summed E-state index contributed by atoms with van der Waals surface area (Å²) in [5, 5.41) is 9.83. The molecule has 0 unspecified atom stereocenters. The summed E-state index contributed by atoms with van der Waals surface area (Å²) >= 11 is 0. The maximum absolute atomic E-state index is 14.6. The summed E-state index contributed by atoms with van der Waals surface area (Å²) in [4.78, 5) is 43.3. The second-order valence-corrected chi connectivity index (χ2v) is 16.3. The highest BCUT2D eigenvalue weighted by atomic mass is 19.1. The molecule has 58 heavy (non-hydrogen) atoms. The lowest BCUT2D eigenvalue weighted by molar-refractivity contribution is -0.00431. The number of H-pyrrole nitrogens is 1. The fourth-order valence-corrected chi connectivity index (χ4v) is 8.77. The third kappa shape index (κ3) is 9.39. The molecule has 4 N–H and O–H groups in total. The highest BCUT2D eigenvalue weighted by Crippen LogP contribution is 2.33. The van der Waals surface area contributed by atoms with Crippen molar-refractivity contribution in [2.75, 3.05) is 32.8 Å². The van der Waals surface area contributed by atoms with Gasteiger partial charge in [0.25, 0.3) is 11.8 Å². The Bertz CT molecular complexity index is 2230. The Labute approximate surface area is 338 Å². The van der Waals surface area contributed by atoms with Crippen molar-refractivity contribution in [3.8, 4) is 22.8 Å². The number of pyridine rings is 1. The van der Waals surface area contributed by atoms with Crippen molar-refractivity contribution in [1.82, 2.24) is 40.7 Å². The highest BCUT2D eigenvalue weighted by Gasteiger charge is 2.27. The molecule has 0 radical (unpaired) electrons. The van der Waals surface area contributed by atoms with Gasteiger partial charge < -0.3 is 30.4 Å². The van der Waals surface area contributed by atoms with Crippen molar-refractivity contribution in [2.45, 2.75) is 89.8 Å². The SMILES string of the molecule is C[C@@H]1CN(Cc2ccc(-c3cccc(Oc4ncc(F)cc4C(=O)NC4CCC(NC(=O)c5cccc6[nH]cnc56)CC4)c3)c(CN3CCOC[C@@H]3C)c2)C[C@H](C)N1. The van der Waals surface area contributed by atoms with Crippen molar-refractivity contribution < 1.29 is 23.5 Å². The number of ether oxygens (including phenoxy) is 2. The molecule has 13 heteroatoms. The normalized spacial score (nSPS) is 23.1. The average molecular weight is 789 g/mol. The molecule has 2 saturated heterocycles. The monoisotopic (exact) mass is 788 g/mol. The van der Waals surface area contributed by atoms with Crippen LogP contribution >= 0.6 is 0 Å². The van der Waals surface area contributed by atoms with Gasteiger partial charge in [0.05, 0.1) is 36.8 Å². The Balaban J connectivity index is 0.949. The highest BCUT2D eigenvalue weighted by molar-refractivity contribution is 6.04. The molecule has 2 aromatic heterocycles. The van der Waals surface area contributed by atoms with Gasteiger partial charge in [0.1, 0.15) is 22.6 Å². The van der Waals surface area contributed by atoms with E-state index in [0.717, 1.165) is 55.6 Å². The smallest absolute Gasteiger partial charge is 0.257 e. The molecule has 8 rings (SSSR count). The molecular weight excluding hydrogens is 736 g/mol. The zero-order valence-electron chi connectivity index (χ0n) is 33.5. The van der Waals surface area contributed by atoms with Crippen LogP contribution in [0.2, 0.25) is 0 Å². The minimum absolute atomic E-state index is 0.0239. The van der Waals surface area contributed by atoms with Crippen LogP contribution in [0.1, 0.15) is 78.3 Å². The number of carbonyl (C=O) groups is 2. The molecule has 3 fully saturated rings. The number of rotatable bonds is 11. The van der Waals surface area contributed by atoms with Crippen LogP contribution in [0.5, 0.6) is 11.6 Å². The first kappa shape index (κ1) is 39.6. The number of benzene rings is 3. The molecule has 5 aromatic rings. The van der Waals surface area contributed by atoms with Gasteiger partial charge in [-0.3, -0.25) is 19.4 Å². The van der Waals surface area contributed by atoms with E-state index >= 15 is 0 Å². The van der Waals surface area contributed by atoms with E-state index < -0.39 is 11.7 Å². The van der Waals surface area contributed by atoms with E-state index in [4.69, 9.17) is 9.47 Å². The second-order valence-electron chi connectivity index (χ2n) is 16.3. The summed E-state index contributed by atoms with van der Waals surface area (Å²) in [5.41, 5.74) is 6.57. The summed E-state index contributed by atoms with van der Waals surface area (Å²) in [6.45, 7) is 12.7. The lowest BCUT2D eigenvalue weighted by Crippen LogP contribution is -2.53. The van der Waals surface area contributed by atoms with Gasteiger partial charge in [-0.2, -0.15) is 0 Å². The third-order valence-electron chi connectivity index (χ3n) is 11.6. The molecule has 304 valence electrons. The zero-order valence-corrected chi connectivity index (χ0v) is 33.5. The van der Waals surface area contributed by atoms with Gasteiger partial charge in [-0.1, -0.05) is 36.4 Å². The van der Waals surface area contributed by atoms with E-state index in [-0.39, 0.29) is 29.4 Å². The predicted octanol–water partition coefficient (Wildman–Crippen LogP) is 6.43. The zero-order chi connectivity index (χ0) is 40.2. The number of para-hydroxylation sites is 1. The van der Waals surface area contributed by atoms with Gasteiger partial charge in [0, 0.05) is 62.9 Å². The number of nitrogens with zero attached hydrogens (tertiary/aromatic N) is 4. The maximum atomic E-state index is 14.6. The van der Waals surface area contributed by atoms with Crippen LogP contribution < -0.4 is 20.7 Å². The molecule has 0 bridgehead atoms. The fraction of sp³-hybridized carbons (Fsp3) is 0.422. The minimum Gasteiger partial charge on any atom is -0.438 e. The van der Waals surface area contributed by atoms with E-state index in [0.29, 0.717) is 73.9 Å². The van der Waals surface area contributed by atoms with Gasteiger partial charge >= 0.3 is 0 Å². The van der Waals surface area contributed by atoms with E-state index in [1.165, 1.54) is 17.2 Å². The second kappa shape index (κ2) is 17.7. The number of fused-ring (bicyclic) bond motifs is 1. The number of hydrogen-bond acceptors (Lipinski definition) is 9. The van der Waals surface area contributed by atoms with E-state index in [9.17, 15) is 14.0 Å². The van der Waals surface area contributed by atoms with E-state index in [1.807, 2.05) is 30.3 Å². The number of aromatic amines is 1. The summed E-state index contributed by atoms with van der Waals surface area (Å²) in [6, 6.07) is 22.2. The predicted molar refractivity (Wildman–Crippen MR) is 221 cm³/mol. The summed E-state index contributed by atoms with van der Waals surface area (Å²) in [7, 11) is 0. The van der Waals surface area contributed by atoms with Crippen LogP contribution in [0.15, 0.2) is 79.3 Å². The third-order valence-corrected chi connectivity index (χ3v) is 11.6. The Morgan fingerprint density at radius 2 is 1.62 bits per heavy atom. The summed E-state index contributed by atoms with van der Waals surface area (Å²) in [5.74, 6) is -0.734. The Kier molecular flexibility index (Phi) is 12.1. The maximum Gasteiger partial charge on any atom is 0.257 e. The van der Waals surface area contributed by atoms with Crippen LogP contribution in [-0.2, 0) is 17.8 Å². The topological polar surface area (TPSA) is 137 Å². The molecule has 3 atom stereocenters. The van der Waals surface area contributed by atoms with E-state index in [1.54, 1.807) is 12.4 Å².